The number of amides is 1. The van der Waals surface area contributed by atoms with Crippen LogP contribution in [0.15, 0.2) is 5.38 Å². The summed E-state index contributed by atoms with van der Waals surface area (Å²) in [6, 6.07) is 0. The summed E-state index contributed by atoms with van der Waals surface area (Å²) in [6.45, 7) is 1.74. The summed E-state index contributed by atoms with van der Waals surface area (Å²) in [5.74, 6) is -1.17. The molecule has 1 aromatic rings. The summed E-state index contributed by atoms with van der Waals surface area (Å²) in [7, 11) is 0. The minimum atomic E-state index is -0.434. The van der Waals surface area contributed by atoms with Crippen molar-refractivity contribution in [3.63, 3.8) is 0 Å². The van der Waals surface area contributed by atoms with E-state index in [1.165, 1.54) is 11.3 Å². The van der Waals surface area contributed by atoms with Crippen molar-refractivity contribution in [2.45, 2.75) is 45.4 Å². The molecule has 1 amide bonds. The predicted molar refractivity (Wildman–Crippen MR) is 88.6 cm³/mol. The average Bonchev–Trinajstić information content (AvgIpc) is 3.00. The van der Waals surface area contributed by atoms with E-state index in [0.29, 0.717) is 17.4 Å². The number of carbonyl (C=O) groups is 3. The fourth-order valence-corrected chi connectivity index (χ4v) is 3.28. The first-order valence-electron chi connectivity index (χ1n) is 8.15. The van der Waals surface area contributed by atoms with Gasteiger partial charge < -0.3 is 9.47 Å². The topological polar surface area (TPSA) is 94.6 Å². The molecule has 1 fully saturated rings. The molecular formula is C16H22N2O5S. The smallest absolute Gasteiger partial charge is 0.311 e. The predicted octanol–water partition coefficient (Wildman–Crippen LogP) is 2.31. The van der Waals surface area contributed by atoms with E-state index in [1.54, 1.807) is 12.3 Å². The highest BCUT2D eigenvalue weighted by molar-refractivity contribution is 7.13. The molecule has 132 valence electrons. The van der Waals surface area contributed by atoms with Gasteiger partial charge in [0, 0.05) is 5.38 Å². The quantitative estimate of drug-likeness (QED) is 0.755. The van der Waals surface area contributed by atoms with Crippen molar-refractivity contribution < 1.29 is 23.9 Å². The number of nitrogens with zero attached hydrogens (tertiary/aromatic N) is 1. The van der Waals surface area contributed by atoms with Crippen molar-refractivity contribution in [1.29, 1.82) is 0 Å². The Morgan fingerprint density at radius 2 is 2.00 bits per heavy atom. The maximum atomic E-state index is 11.9. The van der Waals surface area contributed by atoms with Crippen LogP contribution in [0.5, 0.6) is 0 Å². The number of hydrogen-bond acceptors (Lipinski definition) is 7. The lowest BCUT2D eigenvalue weighted by molar-refractivity contribution is -0.152. The van der Waals surface area contributed by atoms with Crippen molar-refractivity contribution in [3.05, 3.63) is 11.1 Å². The van der Waals surface area contributed by atoms with Gasteiger partial charge in [-0.25, -0.2) is 4.98 Å². The van der Waals surface area contributed by atoms with E-state index in [2.05, 4.69) is 10.3 Å². The Morgan fingerprint density at radius 3 is 2.71 bits per heavy atom. The standard InChI is InChI=1S/C16H22N2O5S/c1-2-22-14(20)8-12-10-24-16(17-12)18-13(19)9-23-15(21)11-6-4-3-5-7-11/h10-11H,2-9H2,1H3,(H,17,18,19). The van der Waals surface area contributed by atoms with Gasteiger partial charge in [0.2, 0.25) is 0 Å². The molecule has 0 saturated heterocycles. The Labute approximate surface area is 144 Å². The highest BCUT2D eigenvalue weighted by Crippen LogP contribution is 2.24. The molecule has 1 aromatic heterocycles. The molecule has 0 unspecified atom stereocenters. The lowest BCUT2D eigenvalue weighted by atomic mass is 9.89. The maximum Gasteiger partial charge on any atom is 0.311 e. The van der Waals surface area contributed by atoms with E-state index in [9.17, 15) is 14.4 Å². The molecular weight excluding hydrogens is 332 g/mol. The van der Waals surface area contributed by atoms with Gasteiger partial charge in [-0.3, -0.25) is 19.7 Å². The lowest BCUT2D eigenvalue weighted by Gasteiger charge is -2.19. The van der Waals surface area contributed by atoms with Crippen LogP contribution >= 0.6 is 11.3 Å². The van der Waals surface area contributed by atoms with Gasteiger partial charge in [-0.2, -0.15) is 0 Å². The Bertz CT molecular complexity index is 581. The first-order chi connectivity index (χ1) is 11.6. The molecule has 1 aliphatic carbocycles. The van der Waals surface area contributed by atoms with Crippen LogP contribution in [0, 0.1) is 5.92 Å². The number of anilines is 1. The molecule has 0 aromatic carbocycles. The van der Waals surface area contributed by atoms with Gasteiger partial charge in [-0.1, -0.05) is 19.3 Å². The normalized spacial score (nSPS) is 14.9. The van der Waals surface area contributed by atoms with Crippen LogP contribution in [-0.4, -0.2) is 36.0 Å². The number of esters is 2. The summed E-state index contributed by atoms with van der Waals surface area (Å²) in [5.41, 5.74) is 0.535. The van der Waals surface area contributed by atoms with Crippen molar-refractivity contribution in [2.24, 2.45) is 5.92 Å². The van der Waals surface area contributed by atoms with Crippen molar-refractivity contribution in [2.75, 3.05) is 18.5 Å². The molecule has 0 atom stereocenters. The van der Waals surface area contributed by atoms with Crippen LogP contribution < -0.4 is 5.32 Å². The van der Waals surface area contributed by atoms with E-state index in [1.807, 2.05) is 0 Å². The zero-order chi connectivity index (χ0) is 17.4. The number of hydrogen-bond donors (Lipinski definition) is 1. The molecule has 0 radical (unpaired) electrons. The van der Waals surface area contributed by atoms with Gasteiger partial charge in [0.1, 0.15) is 0 Å². The lowest BCUT2D eigenvalue weighted by Crippen LogP contribution is -2.26. The van der Waals surface area contributed by atoms with Crippen LogP contribution in [0.1, 0.15) is 44.7 Å². The van der Waals surface area contributed by atoms with Gasteiger partial charge in [-0.15, -0.1) is 11.3 Å². The fraction of sp³-hybridized carbons (Fsp3) is 0.625. The Morgan fingerprint density at radius 1 is 1.25 bits per heavy atom. The third kappa shape index (κ3) is 5.92. The summed E-state index contributed by atoms with van der Waals surface area (Å²) < 4.78 is 9.91. The number of aromatic nitrogens is 1. The van der Waals surface area contributed by atoms with E-state index in [-0.39, 0.29) is 30.9 Å². The highest BCUT2D eigenvalue weighted by Gasteiger charge is 2.23. The van der Waals surface area contributed by atoms with Gasteiger partial charge in [0.25, 0.3) is 5.91 Å². The second kappa shape index (κ2) is 9.36. The summed E-state index contributed by atoms with van der Waals surface area (Å²) in [5, 5.41) is 4.61. The van der Waals surface area contributed by atoms with E-state index < -0.39 is 5.91 Å². The number of nitrogens with one attached hydrogen (secondary N) is 1. The van der Waals surface area contributed by atoms with Crippen LogP contribution in [0.3, 0.4) is 0 Å². The highest BCUT2D eigenvalue weighted by atomic mass is 32.1. The number of carbonyl (C=O) groups excluding carboxylic acids is 3. The molecule has 2 rings (SSSR count). The van der Waals surface area contributed by atoms with Crippen LogP contribution in [-0.2, 0) is 30.3 Å². The van der Waals surface area contributed by atoms with Crippen molar-refractivity contribution >= 4 is 34.3 Å². The third-order valence-electron chi connectivity index (χ3n) is 3.71. The first kappa shape index (κ1) is 18.4. The molecule has 24 heavy (non-hydrogen) atoms. The second-order valence-electron chi connectivity index (χ2n) is 5.62. The van der Waals surface area contributed by atoms with Gasteiger partial charge >= 0.3 is 11.9 Å². The van der Waals surface area contributed by atoms with Crippen LogP contribution in [0.4, 0.5) is 5.13 Å². The van der Waals surface area contributed by atoms with Crippen molar-refractivity contribution in [1.82, 2.24) is 4.98 Å². The van der Waals surface area contributed by atoms with Crippen LogP contribution in [0.2, 0.25) is 0 Å². The summed E-state index contributed by atoms with van der Waals surface area (Å²) in [6.07, 6.45) is 4.97. The maximum absolute atomic E-state index is 11.9. The summed E-state index contributed by atoms with van der Waals surface area (Å²) >= 11 is 1.21. The van der Waals surface area contributed by atoms with Gasteiger partial charge in [0.05, 0.1) is 24.6 Å². The molecule has 1 aliphatic rings. The van der Waals surface area contributed by atoms with Crippen molar-refractivity contribution in [3.8, 4) is 0 Å². The third-order valence-corrected chi connectivity index (χ3v) is 4.52. The first-order valence-corrected chi connectivity index (χ1v) is 9.03. The minimum absolute atomic E-state index is 0.0663. The molecule has 0 bridgehead atoms. The Hall–Kier alpha value is -1.96. The molecule has 0 aliphatic heterocycles. The average molecular weight is 354 g/mol. The zero-order valence-electron chi connectivity index (χ0n) is 13.7. The second-order valence-corrected chi connectivity index (χ2v) is 6.47. The number of rotatable bonds is 7. The fourth-order valence-electron chi connectivity index (χ4n) is 2.55. The molecule has 1 heterocycles. The Kier molecular flexibility index (Phi) is 7.17. The summed E-state index contributed by atoms with van der Waals surface area (Å²) in [4.78, 5) is 39.2. The van der Waals surface area contributed by atoms with Gasteiger partial charge in [-0.05, 0) is 19.8 Å². The zero-order valence-corrected chi connectivity index (χ0v) is 14.5. The number of thiazole rings is 1. The van der Waals surface area contributed by atoms with E-state index in [4.69, 9.17) is 9.47 Å². The Balaban J connectivity index is 1.73. The molecule has 1 N–H and O–H groups in total. The van der Waals surface area contributed by atoms with Crippen LogP contribution in [0.25, 0.3) is 0 Å². The van der Waals surface area contributed by atoms with E-state index >= 15 is 0 Å². The monoisotopic (exact) mass is 354 g/mol. The van der Waals surface area contributed by atoms with Gasteiger partial charge in [0.15, 0.2) is 11.7 Å². The molecule has 0 spiro atoms. The number of ether oxygens (including phenoxy) is 2. The minimum Gasteiger partial charge on any atom is -0.466 e. The SMILES string of the molecule is CCOC(=O)Cc1csc(NC(=O)COC(=O)C2CCCCC2)n1. The molecule has 8 heteroatoms. The largest absolute Gasteiger partial charge is 0.466 e. The van der Waals surface area contributed by atoms with E-state index in [0.717, 1.165) is 32.1 Å². The molecule has 1 saturated carbocycles. The molecule has 7 nitrogen and oxygen atoms in total.